The van der Waals surface area contributed by atoms with Crippen molar-refractivity contribution in [2.45, 2.75) is 32.1 Å². The van der Waals surface area contributed by atoms with Crippen LogP contribution in [0.5, 0.6) is 0 Å². The highest BCUT2D eigenvalue weighted by Crippen LogP contribution is 2.22. The molecule has 0 fully saturated rings. The van der Waals surface area contributed by atoms with Gasteiger partial charge in [-0.2, -0.15) is 0 Å². The number of nitrogens with one attached hydrogen (secondary N) is 1. The Labute approximate surface area is 96.4 Å². The molecule has 0 bridgehead atoms. The molecule has 0 unspecified atom stereocenters. The molecule has 0 saturated carbocycles. The molecule has 0 amide bonds. The predicted molar refractivity (Wildman–Crippen MR) is 64.7 cm³/mol. The zero-order valence-electron chi connectivity index (χ0n) is 9.69. The maximum atomic E-state index is 11.9. The van der Waals surface area contributed by atoms with Crippen LogP contribution in [-0.2, 0) is 16.6 Å². The van der Waals surface area contributed by atoms with E-state index in [-0.39, 0.29) is 6.61 Å². The summed E-state index contributed by atoms with van der Waals surface area (Å²) < 4.78 is 25.4. The summed E-state index contributed by atoms with van der Waals surface area (Å²) in [6, 6.07) is 6.79. The molecule has 0 radical (unpaired) electrons. The molecule has 0 aliphatic rings. The molecule has 1 aromatic carbocycles. The molecular weight excluding hydrogens is 226 g/mol. The van der Waals surface area contributed by atoms with E-state index < -0.39 is 14.8 Å². The van der Waals surface area contributed by atoms with E-state index in [0.717, 1.165) is 0 Å². The molecule has 0 spiro atoms. The summed E-state index contributed by atoms with van der Waals surface area (Å²) in [7, 11) is -3.44. The predicted octanol–water partition coefficient (Wildman–Crippen LogP) is 1.72. The lowest BCUT2D eigenvalue weighted by Crippen LogP contribution is -2.34. The van der Waals surface area contributed by atoms with Gasteiger partial charge in [0.15, 0.2) is 0 Å². The molecule has 5 heteroatoms. The second-order valence-corrected chi connectivity index (χ2v) is 6.97. The quantitative estimate of drug-likeness (QED) is 0.849. The van der Waals surface area contributed by atoms with Crippen LogP contribution in [0.4, 0.5) is 5.69 Å². The number of sulfonamides is 1. The second kappa shape index (κ2) is 4.43. The van der Waals surface area contributed by atoms with E-state index >= 15 is 0 Å². The minimum atomic E-state index is -3.44. The van der Waals surface area contributed by atoms with E-state index in [1.807, 2.05) is 0 Å². The fourth-order valence-corrected chi connectivity index (χ4v) is 1.85. The number of aliphatic hydroxyl groups excluding tert-OH is 1. The van der Waals surface area contributed by atoms with E-state index in [0.29, 0.717) is 11.3 Å². The lowest BCUT2D eigenvalue weighted by atomic mass is 10.2. The Morgan fingerprint density at radius 1 is 1.25 bits per heavy atom. The van der Waals surface area contributed by atoms with Crippen molar-refractivity contribution in [3.8, 4) is 0 Å². The molecule has 16 heavy (non-hydrogen) atoms. The van der Waals surface area contributed by atoms with Crippen LogP contribution in [0, 0.1) is 0 Å². The Morgan fingerprint density at radius 2 is 1.81 bits per heavy atom. The van der Waals surface area contributed by atoms with Gasteiger partial charge in [0.2, 0.25) is 10.0 Å². The summed E-state index contributed by atoms with van der Waals surface area (Å²) >= 11 is 0. The summed E-state index contributed by atoms with van der Waals surface area (Å²) in [5.74, 6) is 0. The van der Waals surface area contributed by atoms with Crippen molar-refractivity contribution in [1.29, 1.82) is 0 Å². The number of benzene rings is 1. The molecule has 0 aliphatic carbocycles. The zero-order chi connectivity index (χ0) is 12.4. The van der Waals surface area contributed by atoms with Gasteiger partial charge < -0.3 is 5.11 Å². The summed E-state index contributed by atoms with van der Waals surface area (Å²) in [6.45, 7) is 4.67. The summed E-state index contributed by atoms with van der Waals surface area (Å²) in [4.78, 5) is 0. The largest absolute Gasteiger partial charge is 0.392 e. The Morgan fingerprint density at radius 3 is 2.31 bits per heavy atom. The SMILES string of the molecule is CC(C)(C)S(=O)(=O)Nc1ccccc1CO. The Balaban J connectivity index is 3.06. The molecule has 1 rings (SSSR count). The van der Waals surface area contributed by atoms with Crippen molar-refractivity contribution in [1.82, 2.24) is 0 Å². The van der Waals surface area contributed by atoms with Crippen molar-refractivity contribution >= 4 is 15.7 Å². The molecule has 0 heterocycles. The monoisotopic (exact) mass is 243 g/mol. The van der Waals surface area contributed by atoms with Gasteiger partial charge in [0.25, 0.3) is 0 Å². The van der Waals surface area contributed by atoms with Gasteiger partial charge in [0.1, 0.15) is 0 Å². The van der Waals surface area contributed by atoms with Crippen molar-refractivity contribution in [2.75, 3.05) is 4.72 Å². The first-order valence-corrected chi connectivity index (χ1v) is 6.47. The Bertz CT molecular complexity index is 460. The van der Waals surface area contributed by atoms with E-state index in [1.165, 1.54) is 0 Å². The van der Waals surface area contributed by atoms with Gasteiger partial charge in [-0.3, -0.25) is 4.72 Å². The molecular formula is C11H17NO3S. The van der Waals surface area contributed by atoms with Crippen molar-refractivity contribution in [3.05, 3.63) is 29.8 Å². The van der Waals surface area contributed by atoms with E-state index in [1.54, 1.807) is 45.0 Å². The van der Waals surface area contributed by atoms with E-state index in [9.17, 15) is 8.42 Å². The van der Waals surface area contributed by atoms with Crippen LogP contribution in [0.25, 0.3) is 0 Å². The minimum Gasteiger partial charge on any atom is -0.392 e. The standard InChI is InChI=1S/C11H17NO3S/c1-11(2,3)16(14,15)12-10-7-5-4-6-9(10)8-13/h4-7,12-13H,8H2,1-3H3. The van der Waals surface area contributed by atoms with Crippen LogP contribution in [0.3, 0.4) is 0 Å². The third-order valence-corrected chi connectivity index (χ3v) is 4.34. The van der Waals surface area contributed by atoms with Gasteiger partial charge in [-0.1, -0.05) is 18.2 Å². The molecule has 90 valence electrons. The van der Waals surface area contributed by atoms with Gasteiger partial charge in [-0.25, -0.2) is 8.42 Å². The fraction of sp³-hybridized carbons (Fsp3) is 0.455. The first-order valence-electron chi connectivity index (χ1n) is 4.99. The molecule has 0 saturated heterocycles. The molecule has 0 atom stereocenters. The van der Waals surface area contributed by atoms with Crippen LogP contribution < -0.4 is 4.72 Å². The normalized spacial score (nSPS) is 12.5. The van der Waals surface area contributed by atoms with Crippen molar-refractivity contribution in [3.63, 3.8) is 0 Å². The van der Waals surface area contributed by atoms with Crippen LogP contribution in [0.15, 0.2) is 24.3 Å². The maximum absolute atomic E-state index is 11.9. The summed E-state index contributed by atoms with van der Waals surface area (Å²) in [5, 5.41) is 9.08. The lowest BCUT2D eigenvalue weighted by molar-refractivity contribution is 0.282. The molecule has 2 N–H and O–H groups in total. The topological polar surface area (TPSA) is 66.4 Å². The fourth-order valence-electron chi connectivity index (χ4n) is 1.06. The third-order valence-electron chi connectivity index (χ3n) is 2.24. The Kier molecular flexibility index (Phi) is 3.60. The van der Waals surface area contributed by atoms with E-state index in [2.05, 4.69) is 4.72 Å². The third kappa shape index (κ3) is 2.74. The van der Waals surface area contributed by atoms with E-state index in [4.69, 9.17) is 5.11 Å². The number of aliphatic hydroxyl groups is 1. The van der Waals surface area contributed by atoms with Crippen molar-refractivity contribution < 1.29 is 13.5 Å². The van der Waals surface area contributed by atoms with Gasteiger partial charge >= 0.3 is 0 Å². The van der Waals surface area contributed by atoms with Crippen LogP contribution >= 0.6 is 0 Å². The number of rotatable bonds is 3. The van der Waals surface area contributed by atoms with Gasteiger partial charge in [-0.05, 0) is 26.8 Å². The Hall–Kier alpha value is -1.07. The second-order valence-electron chi connectivity index (χ2n) is 4.53. The number of hydrogen-bond donors (Lipinski definition) is 2. The summed E-state index contributed by atoms with van der Waals surface area (Å²) in [6.07, 6.45) is 0. The number of hydrogen-bond acceptors (Lipinski definition) is 3. The first kappa shape index (κ1) is 13.0. The minimum absolute atomic E-state index is 0.192. The number of para-hydroxylation sites is 1. The van der Waals surface area contributed by atoms with Crippen LogP contribution in [0.1, 0.15) is 26.3 Å². The van der Waals surface area contributed by atoms with Gasteiger partial charge in [0, 0.05) is 5.56 Å². The average molecular weight is 243 g/mol. The highest BCUT2D eigenvalue weighted by molar-refractivity contribution is 7.94. The maximum Gasteiger partial charge on any atom is 0.237 e. The zero-order valence-corrected chi connectivity index (χ0v) is 10.5. The van der Waals surface area contributed by atoms with Gasteiger partial charge in [0.05, 0.1) is 17.0 Å². The van der Waals surface area contributed by atoms with Crippen molar-refractivity contribution in [2.24, 2.45) is 0 Å². The smallest absolute Gasteiger partial charge is 0.237 e. The number of anilines is 1. The molecule has 4 nitrogen and oxygen atoms in total. The average Bonchev–Trinajstić information content (AvgIpc) is 2.16. The molecule has 1 aromatic rings. The highest BCUT2D eigenvalue weighted by atomic mass is 32.2. The first-order chi connectivity index (χ1) is 7.28. The lowest BCUT2D eigenvalue weighted by Gasteiger charge is -2.21. The van der Waals surface area contributed by atoms with Crippen LogP contribution in [-0.4, -0.2) is 18.3 Å². The molecule has 0 aromatic heterocycles. The van der Waals surface area contributed by atoms with Gasteiger partial charge in [-0.15, -0.1) is 0 Å². The summed E-state index contributed by atoms with van der Waals surface area (Å²) in [5.41, 5.74) is 0.996. The molecule has 0 aliphatic heterocycles. The van der Waals surface area contributed by atoms with Crippen LogP contribution in [0.2, 0.25) is 0 Å². The highest BCUT2D eigenvalue weighted by Gasteiger charge is 2.29.